The van der Waals surface area contributed by atoms with Crippen LogP contribution in [0.25, 0.3) is 0 Å². The normalized spacial score (nSPS) is 20.1. The van der Waals surface area contributed by atoms with Gasteiger partial charge in [0.2, 0.25) is 5.91 Å². The SMILES string of the molecule is C=C[C@@H]1C[C@]1(C)C(=O)NS(=O)(=O)c1ccccc1Oc1cccc(C(=O)OCC)c1. The lowest BCUT2D eigenvalue weighted by molar-refractivity contribution is -0.124. The van der Waals surface area contributed by atoms with Gasteiger partial charge >= 0.3 is 5.97 Å². The minimum atomic E-state index is -4.17. The number of amides is 1. The Balaban J connectivity index is 1.84. The molecule has 1 fully saturated rings. The summed E-state index contributed by atoms with van der Waals surface area (Å²) < 4.78 is 38.6. The highest BCUT2D eigenvalue weighted by Gasteiger charge is 2.55. The summed E-state index contributed by atoms with van der Waals surface area (Å²) in [5.74, 6) is -0.850. The predicted octanol–water partition coefficient (Wildman–Crippen LogP) is 3.67. The molecule has 7 nitrogen and oxygen atoms in total. The van der Waals surface area contributed by atoms with Crippen LogP contribution in [0.5, 0.6) is 11.5 Å². The summed E-state index contributed by atoms with van der Waals surface area (Å²) in [7, 11) is -4.17. The molecule has 1 saturated carbocycles. The number of para-hydroxylation sites is 1. The van der Waals surface area contributed by atoms with Crippen LogP contribution in [0, 0.1) is 11.3 Å². The van der Waals surface area contributed by atoms with Gasteiger partial charge in [-0.05, 0) is 49.6 Å². The zero-order valence-corrected chi connectivity index (χ0v) is 17.6. The highest BCUT2D eigenvalue weighted by Crippen LogP contribution is 2.53. The number of ether oxygens (including phenoxy) is 2. The Bertz CT molecular complexity index is 1090. The fraction of sp³-hybridized carbons (Fsp3) is 0.273. The van der Waals surface area contributed by atoms with Gasteiger partial charge in [0, 0.05) is 0 Å². The quantitative estimate of drug-likeness (QED) is 0.508. The van der Waals surface area contributed by atoms with Crippen LogP contribution in [0.4, 0.5) is 0 Å². The molecule has 2 aromatic carbocycles. The van der Waals surface area contributed by atoms with Crippen LogP contribution in [-0.2, 0) is 19.6 Å². The smallest absolute Gasteiger partial charge is 0.338 e. The number of carbonyl (C=O) groups excluding carboxylic acids is 2. The average molecular weight is 429 g/mol. The van der Waals surface area contributed by atoms with Crippen molar-refractivity contribution < 1.29 is 27.5 Å². The van der Waals surface area contributed by atoms with Gasteiger partial charge in [0.25, 0.3) is 10.0 Å². The summed E-state index contributed by atoms with van der Waals surface area (Å²) in [6.45, 7) is 7.30. The largest absolute Gasteiger partial charge is 0.462 e. The third kappa shape index (κ3) is 4.38. The lowest BCUT2D eigenvalue weighted by Crippen LogP contribution is -2.36. The molecule has 0 saturated heterocycles. The molecule has 2 atom stereocenters. The van der Waals surface area contributed by atoms with Crippen LogP contribution in [0.15, 0.2) is 66.1 Å². The zero-order chi connectivity index (χ0) is 21.9. The molecule has 0 radical (unpaired) electrons. The van der Waals surface area contributed by atoms with E-state index in [1.54, 1.807) is 44.2 Å². The Kier molecular flexibility index (Phi) is 5.98. The van der Waals surface area contributed by atoms with E-state index in [1.807, 2.05) is 0 Å². The van der Waals surface area contributed by atoms with Crippen LogP contribution in [0.1, 0.15) is 30.6 Å². The minimum absolute atomic E-state index is 0.0278. The van der Waals surface area contributed by atoms with E-state index < -0.39 is 27.3 Å². The van der Waals surface area contributed by atoms with E-state index in [9.17, 15) is 18.0 Å². The maximum Gasteiger partial charge on any atom is 0.338 e. The van der Waals surface area contributed by atoms with Crippen LogP contribution in [-0.4, -0.2) is 26.9 Å². The van der Waals surface area contributed by atoms with Crippen molar-refractivity contribution in [3.05, 3.63) is 66.7 Å². The number of allylic oxidation sites excluding steroid dienone is 1. The monoisotopic (exact) mass is 429 g/mol. The molecule has 0 unspecified atom stereocenters. The third-order valence-electron chi connectivity index (χ3n) is 5.04. The van der Waals surface area contributed by atoms with Crippen molar-refractivity contribution in [2.75, 3.05) is 6.61 Å². The number of esters is 1. The summed E-state index contributed by atoms with van der Waals surface area (Å²) in [4.78, 5) is 24.2. The summed E-state index contributed by atoms with van der Waals surface area (Å²) in [5, 5.41) is 0. The Labute approximate surface area is 175 Å². The molecular formula is C22H23NO6S. The Morgan fingerprint density at radius 3 is 2.63 bits per heavy atom. The van der Waals surface area contributed by atoms with Crippen molar-refractivity contribution in [3.8, 4) is 11.5 Å². The van der Waals surface area contributed by atoms with Crippen LogP contribution < -0.4 is 9.46 Å². The zero-order valence-electron chi connectivity index (χ0n) is 16.8. The summed E-state index contributed by atoms with van der Waals surface area (Å²) >= 11 is 0. The topological polar surface area (TPSA) is 98.8 Å². The molecule has 1 aliphatic rings. The predicted molar refractivity (Wildman–Crippen MR) is 111 cm³/mol. The van der Waals surface area contributed by atoms with E-state index in [2.05, 4.69) is 11.3 Å². The van der Waals surface area contributed by atoms with Crippen molar-refractivity contribution in [2.45, 2.75) is 25.2 Å². The summed E-state index contributed by atoms with van der Waals surface area (Å²) in [6.07, 6.45) is 2.20. The standard InChI is InChI=1S/C22H23NO6S/c1-4-16-14-22(16,3)21(25)23-30(26,27)19-12-7-6-11-18(19)29-17-10-8-9-15(13-17)20(24)28-5-2/h4,6-13,16H,1,5,14H2,2-3H3,(H,23,25)/t16-,22+/m1/s1. The van der Waals surface area contributed by atoms with E-state index in [0.717, 1.165) is 0 Å². The van der Waals surface area contributed by atoms with E-state index in [4.69, 9.17) is 9.47 Å². The van der Waals surface area contributed by atoms with Crippen LogP contribution in [0.3, 0.4) is 0 Å². The fourth-order valence-electron chi connectivity index (χ4n) is 3.08. The van der Waals surface area contributed by atoms with Gasteiger partial charge in [-0.3, -0.25) is 4.79 Å². The van der Waals surface area contributed by atoms with E-state index in [0.29, 0.717) is 6.42 Å². The molecule has 158 valence electrons. The van der Waals surface area contributed by atoms with Gasteiger partial charge in [-0.25, -0.2) is 17.9 Å². The second-order valence-electron chi connectivity index (χ2n) is 7.20. The van der Waals surface area contributed by atoms with Crippen molar-refractivity contribution in [3.63, 3.8) is 0 Å². The van der Waals surface area contributed by atoms with E-state index >= 15 is 0 Å². The molecule has 0 heterocycles. The highest BCUT2D eigenvalue weighted by atomic mass is 32.2. The summed E-state index contributed by atoms with van der Waals surface area (Å²) in [5.41, 5.74) is -0.501. The first-order valence-corrected chi connectivity index (χ1v) is 10.9. The number of carbonyl (C=O) groups is 2. The van der Waals surface area contributed by atoms with Gasteiger partial charge in [0.1, 0.15) is 16.4 Å². The molecule has 1 aliphatic carbocycles. The van der Waals surface area contributed by atoms with Gasteiger partial charge in [-0.2, -0.15) is 0 Å². The Morgan fingerprint density at radius 1 is 1.23 bits per heavy atom. The second-order valence-corrected chi connectivity index (χ2v) is 8.85. The number of benzene rings is 2. The second kappa shape index (κ2) is 8.31. The maximum atomic E-state index is 12.9. The number of rotatable bonds is 8. The Morgan fingerprint density at radius 2 is 1.97 bits per heavy atom. The molecule has 0 bridgehead atoms. The van der Waals surface area contributed by atoms with Crippen molar-refractivity contribution in [1.29, 1.82) is 0 Å². The van der Waals surface area contributed by atoms with Gasteiger partial charge < -0.3 is 9.47 Å². The van der Waals surface area contributed by atoms with Crippen LogP contribution in [0.2, 0.25) is 0 Å². The van der Waals surface area contributed by atoms with Crippen molar-refractivity contribution in [2.24, 2.45) is 11.3 Å². The number of hydrogen-bond donors (Lipinski definition) is 1. The molecule has 0 spiro atoms. The fourth-order valence-corrected chi connectivity index (χ4v) is 4.30. The molecule has 2 aromatic rings. The number of hydrogen-bond acceptors (Lipinski definition) is 6. The van der Waals surface area contributed by atoms with E-state index in [-0.39, 0.29) is 34.5 Å². The van der Waals surface area contributed by atoms with Gasteiger partial charge in [-0.1, -0.05) is 31.2 Å². The van der Waals surface area contributed by atoms with E-state index in [1.165, 1.54) is 24.3 Å². The molecular weight excluding hydrogens is 406 g/mol. The first-order valence-electron chi connectivity index (χ1n) is 9.45. The molecule has 30 heavy (non-hydrogen) atoms. The Hall–Kier alpha value is -3.13. The lowest BCUT2D eigenvalue weighted by Gasteiger charge is -2.15. The number of nitrogens with one attached hydrogen (secondary N) is 1. The first-order chi connectivity index (χ1) is 14.2. The molecule has 0 aromatic heterocycles. The maximum absolute atomic E-state index is 12.9. The third-order valence-corrected chi connectivity index (χ3v) is 6.41. The van der Waals surface area contributed by atoms with Gasteiger partial charge in [-0.15, -0.1) is 6.58 Å². The van der Waals surface area contributed by atoms with Gasteiger partial charge in [0.05, 0.1) is 17.6 Å². The van der Waals surface area contributed by atoms with Crippen LogP contribution >= 0.6 is 0 Å². The average Bonchev–Trinajstić information content (AvgIpc) is 3.40. The molecule has 0 aliphatic heterocycles. The first kappa shape index (κ1) is 21.6. The number of sulfonamides is 1. The molecule has 3 rings (SSSR count). The lowest BCUT2D eigenvalue weighted by atomic mass is 10.1. The highest BCUT2D eigenvalue weighted by molar-refractivity contribution is 7.90. The van der Waals surface area contributed by atoms with Gasteiger partial charge in [0.15, 0.2) is 0 Å². The molecule has 1 N–H and O–H groups in total. The molecule has 1 amide bonds. The minimum Gasteiger partial charge on any atom is -0.462 e. The molecule has 8 heteroatoms. The van der Waals surface area contributed by atoms with Crippen molar-refractivity contribution >= 4 is 21.9 Å². The summed E-state index contributed by atoms with van der Waals surface area (Å²) in [6, 6.07) is 12.2. The van der Waals surface area contributed by atoms with Crippen molar-refractivity contribution in [1.82, 2.24) is 4.72 Å².